The number of pyridine rings is 1. The summed E-state index contributed by atoms with van der Waals surface area (Å²) in [5.74, 6) is 0.758. The summed E-state index contributed by atoms with van der Waals surface area (Å²) in [7, 11) is 0. The van der Waals surface area contributed by atoms with Crippen molar-refractivity contribution in [2.45, 2.75) is 12.8 Å². The fourth-order valence-corrected chi connectivity index (χ4v) is 4.08. The second-order valence-electron chi connectivity index (χ2n) is 6.81. The molecule has 3 fully saturated rings. The lowest BCUT2D eigenvalue weighted by molar-refractivity contribution is -0.131. The van der Waals surface area contributed by atoms with Gasteiger partial charge in [-0.05, 0) is 25.0 Å². The summed E-state index contributed by atoms with van der Waals surface area (Å²) in [6, 6.07) is 3.79. The number of aromatic nitrogens is 1. The molecule has 122 valence electrons. The first-order valence-electron chi connectivity index (χ1n) is 8.44. The number of rotatable bonds is 3. The van der Waals surface area contributed by atoms with Gasteiger partial charge in [-0.25, -0.2) is 0 Å². The first-order chi connectivity index (χ1) is 11.2. The number of anilines is 1. The summed E-state index contributed by atoms with van der Waals surface area (Å²) in [5, 5.41) is 0. The Bertz CT molecular complexity index is 600. The van der Waals surface area contributed by atoms with Crippen molar-refractivity contribution in [1.29, 1.82) is 0 Å². The zero-order valence-electron chi connectivity index (χ0n) is 13.2. The average molecular weight is 314 g/mol. The number of likely N-dealkylation sites (tertiary alicyclic amines) is 2. The highest BCUT2D eigenvalue weighted by Gasteiger charge is 2.47. The fourth-order valence-electron chi connectivity index (χ4n) is 4.08. The van der Waals surface area contributed by atoms with Crippen LogP contribution in [-0.4, -0.2) is 65.9 Å². The Morgan fingerprint density at radius 1 is 1.22 bits per heavy atom. The van der Waals surface area contributed by atoms with Gasteiger partial charge in [-0.15, -0.1) is 0 Å². The molecule has 4 rings (SSSR count). The number of hydrogen-bond acceptors (Lipinski definition) is 4. The summed E-state index contributed by atoms with van der Waals surface area (Å²) < 4.78 is 0. The van der Waals surface area contributed by atoms with E-state index in [0.717, 1.165) is 44.7 Å². The molecule has 0 N–H and O–H groups in total. The topological polar surface area (TPSA) is 56.8 Å². The Kier molecular flexibility index (Phi) is 3.77. The Morgan fingerprint density at radius 3 is 2.74 bits per heavy atom. The van der Waals surface area contributed by atoms with Gasteiger partial charge in [-0.3, -0.25) is 19.5 Å². The number of carbonyl (C=O) groups is 2. The van der Waals surface area contributed by atoms with Crippen molar-refractivity contribution in [3.63, 3.8) is 0 Å². The number of fused-ring (bicyclic) bond motifs is 1. The lowest BCUT2D eigenvalue weighted by Crippen LogP contribution is -2.40. The standard InChI is InChI=1S/C17H22N4O2/c22-16(20-6-1-2-7-20)12-19-9-13-10-21(17(23)15(13)11-19)14-4-3-5-18-8-14/h3-5,8,13,15H,1-2,6-7,9-12H2/t13-,15-/m0/s1. The van der Waals surface area contributed by atoms with Crippen LogP contribution < -0.4 is 4.90 Å². The number of amides is 2. The SMILES string of the molecule is O=C(CN1C[C@H]2CN(c3cccnc3)C(=O)[C@H]2C1)N1CCCC1. The van der Waals surface area contributed by atoms with Crippen LogP contribution in [0.25, 0.3) is 0 Å². The van der Waals surface area contributed by atoms with Gasteiger partial charge in [-0.1, -0.05) is 0 Å². The third-order valence-corrected chi connectivity index (χ3v) is 5.29. The summed E-state index contributed by atoms with van der Waals surface area (Å²) in [6.07, 6.45) is 5.70. The normalized spacial score (nSPS) is 27.7. The van der Waals surface area contributed by atoms with Crippen LogP contribution in [0.5, 0.6) is 0 Å². The first-order valence-corrected chi connectivity index (χ1v) is 8.44. The molecular formula is C17H22N4O2. The van der Waals surface area contributed by atoms with Gasteiger partial charge in [0.1, 0.15) is 0 Å². The van der Waals surface area contributed by atoms with E-state index in [1.54, 1.807) is 12.4 Å². The van der Waals surface area contributed by atoms with E-state index in [2.05, 4.69) is 9.88 Å². The first kappa shape index (κ1) is 14.6. The zero-order chi connectivity index (χ0) is 15.8. The van der Waals surface area contributed by atoms with Crippen molar-refractivity contribution in [2.24, 2.45) is 11.8 Å². The highest BCUT2D eigenvalue weighted by molar-refractivity contribution is 5.98. The molecule has 1 aromatic heterocycles. The van der Waals surface area contributed by atoms with Crippen LogP contribution >= 0.6 is 0 Å². The van der Waals surface area contributed by atoms with E-state index >= 15 is 0 Å². The van der Waals surface area contributed by atoms with Crippen LogP contribution in [0, 0.1) is 11.8 Å². The summed E-state index contributed by atoms with van der Waals surface area (Å²) in [5.41, 5.74) is 0.881. The second kappa shape index (κ2) is 5.92. The van der Waals surface area contributed by atoms with Gasteiger partial charge >= 0.3 is 0 Å². The van der Waals surface area contributed by atoms with Crippen molar-refractivity contribution in [2.75, 3.05) is 44.2 Å². The molecule has 0 radical (unpaired) electrons. The molecule has 3 aliphatic rings. The maximum atomic E-state index is 12.7. The predicted octanol–water partition coefficient (Wildman–Crippen LogP) is 0.599. The lowest BCUT2D eigenvalue weighted by Gasteiger charge is -2.23. The van der Waals surface area contributed by atoms with Gasteiger partial charge in [0.05, 0.1) is 24.3 Å². The molecule has 0 bridgehead atoms. The number of nitrogens with zero attached hydrogens (tertiary/aromatic N) is 4. The third-order valence-electron chi connectivity index (χ3n) is 5.29. The minimum absolute atomic E-state index is 0.0292. The largest absolute Gasteiger partial charge is 0.342 e. The molecule has 2 atom stereocenters. The maximum absolute atomic E-state index is 12.7. The van der Waals surface area contributed by atoms with Crippen LogP contribution in [0.4, 0.5) is 5.69 Å². The highest BCUT2D eigenvalue weighted by Crippen LogP contribution is 2.34. The number of hydrogen-bond donors (Lipinski definition) is 0. The number of carbonyl (C=O) groups excluding carboxylic acids is 2. The van der Waals surface area contributed by atoms with E-state index in [-0.39, 0.29) is 17.7 Å². The molecule has 4 heterocycles. The van der Waals surface area contributed by atoms with E-state index in [9.17, 15) is 9.59 Å². The van der Waals surface area contributed by atoms with Gasteiger partial charge in [0.2, 0.25) is 11.8 Å². The molecule has 6 heteroatoms. The maximum Gasteiger partial charge on any atom is 0.236 e. The molecule has 0 spiro atoms. The van der Waals surface area contributed by atoms with Crippen LogP contribution in [-0.2, 0) is 9.59 Å². The molecular weight excluding hydrogens is 292 g/mol. The smallest absolute Gasteiger partial charge is 0.236 e. The molecule has 0 aromatic carbocycles. The molecule has 0 aliphatic carbocycles. The fraction of sp³-hybridized carbons (Fsp3) is 0.588. The predicted molar refractivity (Wildman–Crippen MR) is 85.8 cm³/mol. The minimum atomic E-state index is 0.0292. The Labute approximate surface area is 136 Å². The molecule has 2 amide bonds. The van der Waals surface area contributed by atoms with Crippen LogP contribution in [0.3, 0.4) is 0 Å². The molecule has 3 saturated heterocycles. The van der Waals surface area contributed by atoms with Crippen LogP contribution in [0.2, 0.25) is 0 Å². The van der Waals surface area contributed by atoms with E-state index in [4.69, 9.17) is 0 Å². The van der Waals surface area contributed by atoms with E-state index < -0.39 is 0 Å². The molecule has 23 heavy (non-hydrogen) atoms. The van der Waals surface area contributed by atoms with Crippen LogP contribution in [0.15, 0.2) is 24.5 Å². The van der Waals surface area contributed by atoms with Crippen molar-refractivity contribution in [3.8, 4) is 0 Å². The Hall–Kier alpha value is -1.95. The van der Waals surface area contributed by atoms with Crippen molar-refractivity contribution >= 4 is 17.5 Å². The second-order valence-corrected chi connectivity index (χ2v) is 6.81. The monoisotopic (exact) mass is 314 g/mol. The molecule has 6 nitrogen and oxygen atoms in total. The zero-order valence-corrected chi connectivity index (χ0v) is 13.2. The lowest BCUT2D eigenvalue weighted by atomic mass is 10.0. The van der Waals surface area contributed by atoms with Crippen LogP contribution in [0.1, 0.15) is 12.8 Å². The van der Waals surface area contributed by atoms with E-state index in [1.807, 2.05) is 21.9 Å². The Balaban J connectivity index is 1.37. The highest BCUT2D eigenvalue weighted by atomic mass is 16.2. The van der Waals surface area contributed by atoms with Gasteiger partial charge in [0, 0.05) is 44.8 Å². The van der Waals surface area contributed by atoms with Gasteiger partial charge in [-0.2, -0.15) is 0 Å². The van der Waals surface area contributed by atoms with Gasteiger partial charge in [0.25, 0.3) is 0 Å². The van der Waals surface area contributed by atoms with Gasteiger partial charge in [0.15, 0.2) is 0 Å². The Morgan fingerprint density at radius 2 is 2.04 bits per heavy atom. The quantitative estimate of drug-likeness (QED) is 0.820. The molecule has 3 aliphatic heterocycles. The summed E-state index contributed by atoms with van der Waals surface area (Å²) in [4.78, 5) is 35.0. The van der Waals surface area contributed by atoms with Crippen molar-refractivity contribution in [1.82, 2.24) is 14.8 Å². The minimum Gasteiger partial charge on any atom is -0.342 e. The summed E-state index contributed by atoms with van der Waals surface area (Å²) >= 11 is 0. The van der Waals surface area contributed by atoms with E-state index in [0.29, 0.717) is 19.0 Å². The third kappa shape index (κ3) is 2.72. The summed E-state index contributed by atoms with van der Waals surface area (Å²) in [6.45, 7) is 4.55. The van der Waals surface area contributed by atoms with Crippen molar-refractivity contribution in [3.05, 3.63) is 24.5 Å². The molecule has 0 unspecified atom stereocenters. The van der Waals surface area contributed by atoms with Crippen molar-refractivity contribution < 1.29 is 9.59 Å². The molecule has 0 saturated carbocycles. The average Bonchev–Trinajstić information content (AvgIpc) is 3.27. The van der Waals surface area contributed by atoms with E-state index in [1.165, 1.54) is 0 Å². The molecule has 1 aromatic rings. The van der Waals surface area contributed by atoms with Gasteiger partial charge < -0.3 is 9.80 Å².